The van der Waals surface area contributed by atoms with Gasteiger partial charge in [0.25, 0.3) is 0 Å². The summed E-state index contributed by atoms with van der Waals surface area (Å²) in [5.74, 6) is 0.522. The number of hydrogen-bond acceptors (Lipinski definition) is 2. The van der Waals surface area contributed by atoms with E-state index in [1.807, 2.05) is 0 Å². The van der Waals surface area contributed by atoms with Crippen molar-refractivity contribution in [2.24, 2.45) is 16.1 Å². The highest BCUT2D eigenvalue weighted by Crippen LogP contribution is 2.22. The van der Waals surface area contributed by atoms with Crippen molar-refractivity contribution in [2.75, 3.05) is 19.7 Å². The van der Waals surface area contributed by atoms with Gasteiger partial charge in [0.1, 0.15) is 0 Å². The number of aliphatic hydroxyl groups excluding tert-OH is 1. The van der Waals surface area contributed by atoms with Crippen LogP contribution in [0.1, 0.15) is 40.0 Å². The van der Waals surface area contributed by atoms with Gasteiger partial charge < -0.3 is 16.2 Å². The Morgan fingerprint density at radius 3 is 2.67 bits per heavy atom. The van der Waals surface area contributed by atoms with Crippen LogP contribution in [0.15, 0.2) is 4.99 Å². The number of nitrogens with one attached hydrogen (secondary N) is 1. The molecule has 0 aromatic rings. The van der Waals surface area contributed by atoms with Crippen molar-refractivity contribution < 1.29 is 5.11 Å². The predicted octanol–water partition coefficient (Wildman–Crippen LogP) is 1.10. The molecule has 0 aromatic heterocycles. The molecule has 0 saturated heterocycles. The molecule has 0 aliphatic heterocycles. The summed E-state index contributed by atoms with van der Waals surface area (Å²) in [5.41, 5.74) is 5.80. The third-order valence-electron chi connectivity index (χ3n) is 2.25. The average molecular weight is 215 g/mol. The summed E-state index contributed by atoms with van der Waals surface area (Å²) in [6.45, 7) is 8.18. The van der Waals surface area contributed by atoms with Gasteiger partial charge in [-0.25, -0.2) is 0 Å². The van der Waals surface area contributed by atoms with Crippen molar-refractivity contribution in [2.45, 2.75) is 40.0 Å². The molecule has 0 amide bonds. The van der Waals surface area contributed by atoms with Gasteiger partial charge in [-0.3, -0.25) is 4.99 Å². The minimum absolute atomic E-state index is 0.112. The molecule has 0 unspecified atom stereocenters. The monoisotopic (exact) mass is 215 g/mol. The maximum Gasteiger partial charge on any atom is 0.188 e. The number of aliphatic imine (C=N–C) groups is 1. The fourth-order valence-corrected chi connectivity index (χ4v) is 1.24. The second-order valence-electron chi connectivity index (χ2n) is 4.62. The van der Waals surface area contributed by atoms with Gasteiger partial charge in [-0.05, 0) is 24.7 Å². The van der Waals surface area contributed by atoms with Gasteiger partial charge in [0.15, 0.2) is 5.96 Å². The van der Waals surface area contributed by atoms with E-state index >= 15 is 0 Å². The zero-order valence-corrected chi connectivity index (χ0v) is 10.2. The highest BCUT2D eigenvalue weighted by molar-refractivity contribution is 5.77. The van der Waals surface area contributed by atoms with E-state index in [-0.39, 0.29) is 12.0 Å². The second kappa shape index (κ2) is 7.51. The van der Waals surface area contributed by atoms with E-state index in [1.54, 1.807) is 0 Å². The van der Waals surface area contributed by atoms with Crippen molar-refractivity contribution in [3.8, 4) is 0 Å². The van der Waals surface area contributed by atoms with Crippen LogP contribution in [-0.4, -0.2) is 30.8 Å². The molecule has 0 atom stereocenters. The van der Waals surface area contributed by atoms with Gasteiger partial charge in [-0.1, -0.05) is 20.8 Å². The molecule has 0 radical (unpaired) electrons. The lowest BCUT2D eigenvalue weighted by Crippen LogP contribution is -2.33. The molecule has 4 nitrogen and oxygen atoms in total. The summed E-state index contributed by atoms with van der Waals surface area (Å²) in [6.07, 6.45) is 2.84. The largest absolute Gasteiger partial charge is 0.396 e. The molecule has 4 N–H and O–H groups in total. The number of nitrogens with zero attached hydrogens (tertiary/aromatic N) is 1. The molecule has 90 valence electrons. The minimum atomic E-state index is 0.112. The summed E-state index contributed by atoms with van der Waals surface area (Å²) >= 11 is 0. The Bertz CT molecular complexity index is 190. The van der Waals surface area contributed by atoms with E-state index in [0.717, 1.165) is 25.8 Å². The summed E-state index contributed by atoms with van der Waals surface area (Å²) in [7, 11) is 0. The molecule has 0 aromatic carbocycles. The Morgan fingerprint density at radius 2 is 2.13 bits per heavy atom. The SMILES string of the molecule is CCCNC(N)=NCC(C)(C)CCCO. The van der Waals surface area contributed by atoms with Crippen molar-refractivity contribution in [1.82, 2.24) is 5.32 Å². The molecule has 0 aliphatic carbocycles. The van der Waals surface area contributed by atoms with E-state index in [0.29, 0.717) is 12.5 Å². The van der Waals surface area contributed by atoms with Crippen LogP contribution in [0.4, 0.5) is 0 Å². The first-order valence-corrected chi connectivity index (χ1v) is 5.66. The van der Waals surface area contributed by atoms with E-state index in [9.17, 15) is 0 Å². The predicted molar refractivity (Wildman–Crippen MR) is 64.9 cm³/mol. The first-order valence-electron chi connectivity index (χ1n) is 5.66. The van der Waals surface area contributed by atoms with Crippen LogP contribution in [0.5, 0.6) is 0 Å². The average Bonchev–Trinajstić information content (AvgIpc) is 2.21. The molecule has 0 aliphatic rings. The van der Waals surface area contributed by atoms with Gasteiger partial charge in [0.05, 0.1) is 0 Å². The van der Waals surface area contributed by atoms with Crippen molar-refractivity contribution in [3.05, 3.63) is 0 Å². The zero-order chi connectivity index (χ0) is 11.7. The first kappa shape index (κ1) is 14.2. The maximum atomic E-state index is 8.75. The maximum absolute atomic E-state index is 8.75. The molecule has 0 heterocycles. The van der Waals surface area contributed by atoms with Crippen LogP contribution in [0, 0.1) is 5.41 Å². The Hall–Kier alpha value is -0.770. The van der Waals surface area contributed by atoms with Crippen molar-refractivity contribution in [3.63, 3.8) is 0 Å². The Morgan fingerprint density at radius 1 is 1.47 bits per heavy atom. The molecular formula is C11H25N3O. The van der Waals surface area contributed by atoms with Gasteiger partial charge in [-0.2, -0.15) is 0 Å². The summed E-state index contributed by atoms with van der Waals surface area (Å²) < 4.78 is 0. The topological polar surface area (TPSA) is 70.6 Å². The molecule has 0 rings (SSSR count). The number of aliphatic hydroxyl groups is 1. The molecule has 0 saturated carbocycles. The number of hydrogen-bond donors (Lipinski definition) is 3. The number of guanidine groups is 1. The number of nitrogens with two attached hydrogens (primary N) is 1. The third kappa shape index (κ3) is 8.24. The van der Waals surface area contributed by atoms with Gasteiger partial charge in [-0.15, -0.1) is 0 Å². The highest BCUT2D eigenvalue weighted by Gasteiger charge is 2.16. The lowest BCUT2D eigenvalue weighted by Gasteiger charge is -2.21. The van der Waals surface area contributed by atoms with Crippen molar-refractivity contribution in [1.29, 1.82) is 0 Å². The molecule has 0 spiro atoms. The van der Waals surface area contributed by atoms with Crippen LogP contribution >= 0.6 is 0 Å². The van der Waals surface area contributed by atoms with E-state index < -0.39 is 0 Å². The molecule has 4 heteroatoms. The van der Waals surface area contributed by atoms with Gasteiger partial charge >= 0.3 is 0 Å². The highest BCUT2D eigenvalue weighted by atomic mass is 16.2. The molecule has 0 fully saturated rings. The molecule has 0 bridgehead atoms. The quantitative estimate of drug-likeness (QED) is 0.440. The Balaban J connectivity index is 3.88. The number of rotatable bonds is 7. The third-order valence-corrected chi connectivity index (χ3v) is 2.25. The zero-order valence-electron chi connectivity index (χ0n) is 10.2. The summed E-state index contributed by atoms with van der Waals surface area (Å²) in [4.78, 5) is 4.29. The minimum Gasteiger partial charge on any atom is -0.396 e. The fraction of sp³-hybridized carbons (Fsp3) is 0.909. The smallest absolute Gasteiger partial charge is 0.188 e. The summed E-state index contributed by atoms with van der Waals surface area (Å²) in [6, 6.07) is 0. The Kier molecular flexibility index (Phi) is 7.13. The van der Waals surface area contributed by atoms with E-state index in [2.05, 4.69) is 31.1 Å². The molecular weight excluding hydrogens is 190 g/mol. The fourth-order valence-electron chi connectivity index (χ4n) is 1.24. The molecule has 15 heavy (non-hydrogen) atoms. The van der Waals surface area contributed by atoms with Crippen LogP contribution in [0.3, 0.4) is 0 Å². The van der Waals surface area contributed by atoms with E-state index in [4.69, 9.17) is 10.8 Å². The van der Waals surface area contributed by atoms with Crippen LogP contribution in [-0.2, 0) is 0 Å². The second-order valence-corrected chi connectivity index (χ2v) is 4.62. The van der Waals surface area contributed by atoms with Crippen LogP contribution in [0.25, 0.3) is 0 Å². The van der Waals surface area contributed by atoms with E-state index in [1.165, 1.54) is 0 Å². The standard InChI is InChI=1S/C11H25N3O/c1-4-7-13-10(12)14-9-11(2,3)6-5-8-15/h15H,4-9H2,1-3H3,(H3,12,13,14). The van der Waals surface area contributed by atoms with Crippen molar-refractivity contribution >= 4 is 5.96 Å². The lowest BCUT2D eigenvalue weighted by atomic mass is 9.88. The normalized spacial score (nSPS) is 12.9. The lowest BCUT2D eigenvalue weighted by molar-refractivity contribution is 0.245. The van der Waals surface area contributed by atoms with Gasteiger partial charge in [0, 0.05) is 19.7 Å². The van der Waals surface area contributed by atoms with Gasteiger partial charge in [0.2, 0.25) is 0 Å². The Labute approximate surface area is 93.0 Å². The van der Waals surface area contributed by atoms with Crippen LogP contribution < -0.4 is 11.1 Å². The van der Waals surface area contributed by atoms with Crippen LogP contribution in [0.2, 0.25) is 0 Å². The summed E-state index contributed by atoms with van der Waals surface area (Å²) in [5, 5.41) is 11.8. The first-order chi connectivity index (χ1) is 7.02.